The average molecular weight is 459 g/mol. The van der Waals surface area contributed by atoms with Crippen LogP contribution in [0.4, 0.5) is 0 Å². The molecule has 2 amide bonds. The van der Waals surface area contributed by atoms with Gasteiger partial charge in [-0.3, -0.25) is 19.2 Å². The first kappa shape index (κ1) is 25.7. The Morgan fingerprint density at radius 3 is 2.42 bits per heavy atom. The molecule has 0 saturated heterocycles. The van der Waals surface area contributed by atoms with Gasteiger partial charge in [0.2, 0.25) is 5.91 Å². The third kappa shape index (κ3) is 7.25. The number of fused-ring (bicyclic) bond motifs is 1. The fraction of sp³-hybridized carbons (Fsp3) is 0.435. The van der Waals surface area contributed by atoms with E-state index >= 15 is 0 Å². The second kappa shape index (κ2) is 10.9. The van der Waals surface area contributed by atoms with Crippen LogP contribution in [0.2, 0.25) is 0 Å². The van der Waals surface area contributed by atoms with E-state index in [9.17, 15) is 24.0 Å². The molecule has 0 spiro atoms. The van der Waals surface area contributed by atoms with Crippen molar-refractivity contribution in [3.05, 3.63) is 35.5 Å². The number of ether oxygens (including phenoxy) is 1. The monoisotopic (exact) mass is 459 g/mol. The molecule has 1 aromatic heterocycles. The normalized spacial score (nSPS) is 13.2. The molecule has 10 nitrogen and oxygen atoms in total. The molecule has 0 aliphatic carbocycles. The van der Waals surface area contributed by atoms with Gasteiger partial charge in [0.25, 0.3) is 5.91 Å². The van der Waals surface area contributed by atoms with Crippen LogP contribution in [0.5, 0.6) is 0 Å². The van der Waals surface area contributed by atoms with Crippen molar-refractivity contribution in [2.24, 2.45) is 0 Å². The van der Waals surface area contributed by atoms with Crippen molar-refractivity contribution in [1.29, 1.82) is 0 Å². The molecule has 0 unspecified atom stereocenters. The van der Waals surface area contributed by atoms with Gasteiger partial charge in [0.1, 0.15) is 18.0 Å². The molecule has 2 atom stereocenters. The number of aliphatic carboxylic acids is 1. The quantitative estimate of drug-likeness (QED) is 0.295. The fourth-order valence-corrected chi connectivity index (χ4v) is 3.14. The Balaban J connectivity index is 2.20. The number of hydrogen-bond donors (Lipinski definition) is 4. The molecule has 178 valence electrons. The first-order valence-corrected chi connectivity index (χ1v) is 10.5. The lowest BCUT2D eigenvalue weighted by atomic mass is 10.0. The summed E-state index contributed by atoms with van der Waals surface area (Å²) in [6.45, 7) is 7.19. The second-order valence-electron chi connectivity index (χ2n) is 8.60. The number of carboxylic acid groups (broad SMARTS) is 1. The Bertz CT molecular complexity index is 1050. The summed E-state index contributed by atoms with van der Waals surface area (Å²) in [5.41, 5.74) is 0.380. The number of Topliss-reactive ketones (excluding diaryl/α,β-unsaturated/α-hetero) is 1. The average Bonchev–Trinajstić information content (AvgIpc) is 3.11. The maximum absolute atomic E-state index is 13.0. The van der Waals surface area contributed by atoms with Gasteiger partial charge in [-0.1, -0.05) is 18.2 Å². The number of aldehydes is 1. The van der Waals surface area contributed by atoms with Crippen LogP contribution >= 0.6 is 0 Å². The molecule has 0 radical (unpaired) electrons. The number of carbonyl (C=O) groups excluding carboxylic acids is 4. The molecular formula is C23H29N3O7. The molecule has 0 fully saturated rings. The lowest BCUT2D eigenvalue weighted by molar-refractivity contribution is -0.138. The molecule has 33 heavy (non-hydrogen) atoms. The summed E-state index contributed by atoms with van der Waals surface area (Å²) in [5, 5.41) is 14.1. The predicted molar refractivity (Wildman–Crippen MR) is 120 cm³/mol. The van der Waals surface area contributed by atoms with E-state index in [0.29, 0.717) is 17.2 Å². The Labute approximate surface area is 191 Å². The van der Waals surface area contributed by atoms with E-state index in [1.165, 1.54) is 6.92 Å². The van der Waals surface area contributed by atoms with E-state index in [2.05, 4.69) is 15.6 Å². The highest BCUT2D eigenvalue weighted by atomic mass is 16.5. The Kier molecular flexibility index (Phi) is 8.47. The highest BCUT2D eigenvalue weighted by Gasteiger charge is 2.26. The minimum absolute atomic E-state index is 0.00841. The zero-order chi connectivity index (χ0) is 24.8. The summed E-state index contributed by atoms with van der Waals surface area (Å²) in [5.74, 6) is -2.96. The van der Waals surface area contributed by atoms with E-state index in [-0.39, 0.29) is 30.1 Å². The van der Waals surface area contributed by atoms with E-state index in [1.54, 1.807) is 24.3 Å². The zero-order valence-electron chi connectivity index (χ0n) is 19.1. The van der Waals surface area contributed by atoms with Gasteiger partial charge in [0, 0.05) is 17.3 Å². The molecular weight excluding hydrogens is 430 g/mol. The van der Waals surface area contributed by atoms with Crippen molar-refractivity contribution in [1.82, 2.24) is 15.6 Å². The zero-order valence-corrected chi connectivity index (χ0v) is 19.1. The Morgan fingerprint density at radius 2 is 1.82 bits per heavy atom. The SMILES string of the molecule is C[C@H](NC(=O)c1[nH]c2ccccc2c1C(=O)CCOC(C)(C)C)C(=O)N[C@H](C=O)CC(=O)O. The van der Waals surface area contributed by atoms with Gasteiger partial charge in [0.15, 0.2) is 5.78 Å². The van der Waals surface area contributed by atoms with Crippen molar-refractivity contribution in [3.8, 4) is 0 Å². The van der Waals surface area contributed by atoms with Crippen LogP contribution in [0.15, 0.2) is 24.3 Å². The van der Waals surface area contributed by atoms with Gasteiger partial charge in [-0.2, -0.15) is 0 Å². The molecule has 0 aliphatic rings. The molecule has 2 rings (SSSR count). The maximum Gasteiger partial charge on any atom is 0.305 e. The summed E-state index contributed by atoms with van der Waals surface area (Å²) in [6.07, 6.45) is -0.201. The number of carbonyl (C=O) groups is 5. The lowest BCUT2D eigenvalue weighted by Crippen LogP contribution is -2.49. The number of rotatable bonds is 11. The summed E-state index contributed by atoms with van der Waals surface area (Å²) in [4.78, 5) is 63.0. The molecule has 1 aromatic carbocycles. The summed E-state index contributed by atoms with van der Waals surface area (Å²) in [7, 11) is 0. The number of aromatic nitrogens is 1. The van der Waals surface area contributed by atoms with Gasteiger partial charge in [-0.25, -0.2) is 0 Å². The van der Waals surface area contributed by atoms with Crippen LogP contribution in [-0.4, -0.2) is 64.2 Å². The number of hydrogen-bond acceptors (Lipinski definition) is 6. The first-order chi connectivity index (χ1) is 15.4. The minimum atomic E-state index is -1.25. The summed E-state index contributed by atoms with van der Waals surface area (Å²) >= 11 is 0. The molecule has 0 bridgehead atoms. The van der Waals surface area contributed by atoms with Crippen LogP contribution in [-0.2, 0) is 19.1 Å². The third-order valence-electron chi connectivity index (χ3n) is 4.70. The van der Waals surface area contributed by atoms with Crippen molar-refractivity contribution in [2.75, 3.05) is 6.61 Å². The van der Waals surface area contributed by atoms with Gasteiger partial charge in [-0.05, 0) is 33.8 Å². The maximum atomic E-state index is 13.0. The van der Waals surface area contributed by atoms with Gasteiger partial charge in [0.05, 0.1) is 30.2 Å². The number of amides is 2. The molecule has 10 heteroatoms. The smallest absolute Gasteiger partial charge is 0.305 e. The van der Waals surface area contributed by atoms with Crippen molar-refractivity contribution < 1.29 is 33.8 Å². The third-order valence-corrected chi connectivity index (χ3v) is 4.70. The first-order valence-electron chi connectivity index (χ1n) is 10.5. The van der Waals surface area contributed by atoms with Crippen LogP contribution in [0.1, 0.15) is 61.4 Å². The number of H-pyrrole nitrogens is 1. The fourth-order valence-electron chi connectivity index (χ4n) is 3.14. The van der Waals surface area contributed by atoms with Gasteiger partial charge in [-0.15, -0.1) is 0 Å². The van der Waals surface area contributed by atoms with Crippen LogP contribution in [0, 0.1) is 0 Å². The number of carboxylic acids is 1. The molecule has 0 aliphatic heterocycles. The molecule has 0 saturated carbocycles. The number of ketones is 1. The molecule has 4 N–H and O–H groups in total. The second-order valence-corrected chi connectivity index (χ2v) is 8.60. The van der Waals surface area contributed by atoms with Crippen molar-refractivity contribution in [2.45, 2.75) is 58.2 Å². The number of benzene rings is 1. The Hall–Kier alpha value is -3.53. The Morgan fingerprint density at radius 1 is 1.15 bits per heavy atom. The minimum Gasteiger partial charge on any atom is -0.481 e. The lowest BCUT2D eigenvalue weighted by Gasteiger charge is -2.19. The largest absolute Gasteiger partial charge is 0.481 e. The predicted octanol–water partition coefficient (Wildman–Crippen LogP) is 1.83. The standard InChI is InChI=1S/C23H29N3O7/c1-13(21(31)25-14(12-27)11-18(29)30)24-22(32)20-19(15-7-5-6-8-16(15)26-20)17(28)9-10-33-23(2,3)4/h5-8,12-14,26H,9-11H2,1-4H3,(H,24,32)(H,25,31)(H,29,30)/t13-,14-/m0/s1. The van der Waals surface area contributed by atoms with E-state index in [0.717, 1.165) is 0 Å². The van der Waals surface area contributed by atoms with E-state index in [4.69, 9.17) is 9.84 Å². The van der Waals surface area contributed by atoms with Crippen LogP contribution in [0.3, 0.4) is 0 Å². The van der Waals surface area contributed by atoms with E-state index in [1.807, 2.05) is 20.8 Å². The molecule has 2 aromatic rings. The van der Waals surface area contributed by atoms with Crippen molar-refractivity contribution >= 4 is 40.8 Å². The van der Waals surface area contributed by atoms with Gasteiger partial charge >= 0.3 is 5.97 Å². The number of aromatic amines is 1. The highest BCUT2D eigenvalue weighted by molar-refractivity contribution is 6.16. The van der Waals surface area contributed by atoms with Crippen LogP contribution in [0.25, 0.3) is 10.9 Å². The topological polar surface area (TPSA) is 155 Å². The number of para-hydroxylation sites is 1. The van der Waals surface area contributed by atoms with E-state index < -0.39 is 41.9 Å². The number of nitrogens with one attached hydrogen (secondary N) is 3. The van der Waals surface area contributed by atoms with Crippen molar-refractivity contribution in [3.63, 3.8) is 0 Å². The van der Waals surface area contributed by atoms with Gasteiger partial charge < -0.3 is 30.3 Å². The summed E-state index contributed by atoms with van der Waals surface area (Å²) < 4.78 is 5.63. The highest BCUT2D eigenvalue weighted by Crippen LogP contribution is 2.24. The summed E-state index contributed by atoms with van der Waals surface area (Å²) in [6, 6.07) is 4.64. The molecule has 1 heterocycles. The van der Waals surface area contributed by atoms with Crippen LogP contribution < -0.4 is 10.6 Å².